The van der Waals surface area contributed by atoms with Crippen LogP contribution in [0.1, 0.15) is 30.9 Å². The van der Waals surface area contributed by atoms with Crippen molar-refractivity contribution in [2.24, 2.45) is 0 Å². The number of unbranched alkanes of at least 4 members (excludes halogenated alkanes) is 1. The maximum atomic E-state index is 13.2. The van der Waals surface area contributed by atoms with Gasteiger partial charge in [0.1, 0.15) is 5.82 Å². The number of hydrogen-bond acceptors (Lipinski definition) is 1. The van der Waals surface area contributed by atoms with Crippen LogP contribution < -0.4 is 5.32 Å². The summed E-state index contributed by atoms with van der Waals surface area (Å²) >= 11 is 0. The molecule has 0 atom stereocenters. The van der Waals surface area contributed by atoms with Crippen LogP contribution in [-0.2, 0) is 11.2 Å². The van der Waals surface area contributed by atoms with Crippen LogP contribution in [0, 0.1) is 12.7 Å². The summed E-state index contributed by atoms with van der Waals surface area (Å²) in [5.41, 5.74) is 2.40. The molecule has 3 heteroatoms. The Morgan fingerprint density at radius 1 is 1.47 bits per heavy atom. The minimum Gasteiger partial charge on any atom is -0.328 e. The lowest BCUT2D eigenvalue weighted by Crippen LogP contribution is -2.02. The standard InChI is InChI=1S/C12H16FNO/c1-3-4-5-10-7-11(13)6-9(2)12(10)14-8-15/h6-8H,3-5H2,1-2H3,(H,14,15). The zero-order valence-corrected chi connectivity index (χ0v) is 9.14. The number of aryl methyl sites for hydroxylation is 2. The van der Waals surface area contributed by atoms with Gasteiger partial charge in [-0.1, -0.05) is 13.3 Å². The zero-order valence-electron chi connectivity index (χ0n) is 9.14. The van der Waals surface area contributed by atoms with Crippen molar-refractivity contribution in [3.05, 3.63) is 29.1 Å². The maximum absolute atomic E-state index is 13.2. The van der Waals surface area contributed by atoms with Crippen molar-refractivity contribution in [3.63, 3.8) is 0 Å². The molecule has 82 valence electrons. The molecule has 1 rings (SSSR count). The van der Waals surface area contributed by atoms with E-state index in [4.69, 9.17) is 0 Å². The Bertz CT molecular complexity index is 350. The molecule has 0 radical (unpaired) electrons. The van der Waals surface area contributed by atoms with Crippen molar-refractivity contribution in [1.82, 2.24) is 0 Å². The van der Waals surface area contributed by atoms with Gasteiger partial charge in [0.2, 0.25) is 6.41 Å². The van der Waals surface area contributed by atoms with Crippen LogP contribution >= 0.6 is 0 Å². The molecule has 0 saturated carbocycles. The molecule has 0 spiro atoms. The first-order chi connectivity index (χ1) is 7.19. The van der Waals surface area contributed by atoms with Gasteiger partial charge in [0.05, 0.1) is 0 Å². The quantitative estimate of drug-likeness (QED) is 0.742. The highest BCUT2D eigenvalue weighted by molar-refractivity contribution is 5.75. The minimum absolute atomic E-state index is 0.241. The van der Waals surface area contributed by atoms with E-state index in [1.165, 1.54) is 12.1 Å². The van der Waals surface area contributed by atoms with E-state index in [2.05, 4.69) is 12.2 Å². The number of nitrogens with one attached hydrogen (secondary N) is 1. The highest BCUT2D eigenvalue weighted by atomic mass is 19.1. The zero-order chi connectivity index (χ0) is 11.3. The smallest absolute Gasteiger partial charge is 0.211 e. The average molecular weight is 209 g/mol. The maximum Gasteiger partial charge on any atom is 0.211 e. The fourth-order valence-corrected chi connectivity index (χ4v) is 1.64. The third-order valence-corrected chi connectivity index (χ3v) is 2.38. The summed E-state index contributed by atoms with van der Waals surface area (Å²) in [7, 11) is 0. The van der Waals surface area contributed by atoms with Gasteiger partial charge < -0.3 is 5.32 Å². The Hall–Kier alpha value is -1.38. The lowest BCUT2D eigenvalue weighted by Gasteiger charge is -2.11. The van der Waals surface area contributed by atoms with Gasteiger partial charge in [0.25, 0.3) is 0 Å². The topological polar surface area (TPSA) is 29.1 Å². The first-order valence-electron chi connectivity index (χ1n) is 5.18. The fraction of sp³-hybridized carbons (Fsp3) is 0.417. The SMILES string of the molecule is CCCCc1cc(F)cc(C)c1NC=O. The predicted molar refractivity (Wildman–Crippen MR) is 59.4 cm³/mol. The molecule has 0 aliphatic heterocycles. The van der Waals surface area contributed by atoms with Crippen LogP contribution in [0.5, 0.6) is 0 Å². The molecule has 1 aromatic carbocycles. The summed E-state index contributed by atoms with van der Waals surface area (Å²) in [5.74, 6) is -0.241. The monoisotopic (exact) mass is 209 g/mol. The Balaban J connectivity index is 3.02. The lowest BCUT2D eigenvalue weighted by molar-refractivity contribution is -0.105. The van der Waals surface area contributed by atoms with E-state index < -0.39 is 0 Å². The first-order valence-corrected chi connectivity index (χ1v) is 5.18. The third kappa shape index (κ3) is 3.05. The van der Waals surface area contributed by atoms with Crippen LogP contribution in [0.15, 0.2) is 12.1 Å². The van der Waals surface area contributed by atoms with Crippen LogP contribution in [0.2, 0.25) is 0 Å². The van der Waals surface area contributed by atoms with E-state index in [1.54, 1.807) is 6.92 Å². The van der Waals surface area contributed by atoms with Crippen LogP contribution in [0.4, 0.5) is 10.1 Å². The van der Waals surface area contributed by atoms with E-state index in [9.17, 15) is 9.18 Å². The van der Waals surface area contributed by atoms with Gasteiger partial charge in [-0.2, -0.15) is 0 Å². The highest BCUT2D eigenvalue weighted by Crippen LogP contribution is 2.23. The molecule has 0 saturated heterocycles. The summed E-state index contributed by atoms with van der Waals surface area (Å²) in [6.45, 7) is 3.88. The van der Waals surface area contributed by atoms with E-state index in [1.807, 2.05) is 0 Å². The molecule has 1 aromatic rings. The number of hydrogen-bond donors (Lipinski definition) is 1. The normalized spacial score (nSPS) is 10.1. The van der Waals surface area contributed by atoms with Crippen LogP contribution in [-0.4, -0.2) is 6.41 Å². The third-order valence-electron chi connectivity index (χ3n) is 2.38. The summed E-state index contributed by atoms with van der Waals surface area (Å²) in [6, 6.07) is 2.93. The number of anilines is 1. The van der Waals surface area contributed by atoms with Crippen LogP contribution in [0.3, 0.4) is 0 Å². The van der Waals surface area contributed by atoms with Crippen molar-refractivity contribution < 1.29 is 9.18 Å². The Kier molecular flexibility index (Phi) is 4.28. The molecule has 0 unspecified atom stereocenters. The summed E-state index contributed by atoms with van der Waals surface area (Å²) in [6.07, 6.45) is 3.48. The van der Waals surface area contributed by atoms with Crippen molar-refractivity contribution in [1.29, 1.82) is 0 Å². The number of carbonyl (C=O) groups is 1. The second kappa shape index (κ2) is 5.49. The van der Waals surface area contributed by atoms with Crippen molar-refractivity contribution in [3.8, 4) is 0 Å². The number of rotatable bonds is 5. The molecule has 1 amide bonds. The summed E-state index contributed by atoms with van der Waals surface area (Å²) in [4.78, 5) is 10.4. The molecule has 0 aliphatic rings. The van der Waals surface area contributed by atoms with E-state index >= 15 is 0 Å². The molecular weight excluding hydrogens is 193 g/mol. The Morgan fingerprint density at radius 2 is 2.20 bits per heavy atom. The lowest BCUT2D eigenvalue weighted by atomic mass is 10.0. The predicted octanol–water partition coefficient (Wildman–Crippen LogP) is 3.05. The largest absolute Gasteiger partial charge is 0.328 e. The Morgan fingerprint density at radius 3 is 2.80 bits per heavy atom. The van der Waals surface area contributed by atoms with Gasteiger partial charge in [-0.25, -0.2) is 4.39 Å². The van der Waals surface area contributed by atoms with Gasteiger partial charge in [-0.3, -0.25) is 4.79 Å². The van der Waals surface area contributed by atoms with Gasteiger partial charge >= 0.3 is 0 Å². The van der Waals surface area contributed by atoms with Crippen molar-refractivity contribution in [2.45, 2.75) is 33.1 Å². The minimum atomic E-state index is -0.241. The molecule has 2 nitrogen and oxygen atoms in total. The van der Waals surface area contributed by atoms with Crippen molar-refractivity contribution in [2.75, 3.05) is 5.32 Å². The second-order valence-corrected chi connectivity index (χ2v) is 3.62. The van der Waals surface area contributed by atoms with Gasteiger partial charge in [0.15, 0.2) is 0 Å². The second-order valence-electron chi connectivity index (χ2n) is 3.62. The highest BCUT2D eigenvalue weighted by Gasteiger charge is 2.07. The Labute approximate surface area is 89.5 Å². The van der Waals surface area contributed by atoms with E-state index in [0.717, 1.165) is 36.1 Å². The van der Waals surface area contributed by atoms with Gasteiger partial charge in [-0.05, 0) is 43.0 Å². The molecule has 0 aromatic heterocycles. The van der Waals surface area contributed by atoms with E-state index in [-0.39, 0.29) is 5.82 Å². The molecular formula is C12H16FNO. The number of benzene rings is 1. The molecule has 0 heterocycles. The average Bonchev–Trinajstić information content (AvgIpc) is 2.19. The summed E-state index contributed by atoms with van der Waals surface area (Å²) in [5, 5.41) is 2.63. The fourth-order valence-electron chi connectivity index (χ4n) is 1.64. The van der Waals surface area contributed by atoms with E-state index in [0.29, 0.717) is 6.41 Å². The molecule has 0 fully saturated rings. The molecule has 0 bridgehead atoms. The molecule has 15 heavy (non-hydrogen) atoms. The summed E-state index contributed by atoms with van der Waals surface area (Å²) < 4.78 is 13.2. The number of carbonyl (C=O) groups excluding carboxylic acids is 1. The van der Waals surface area contributed by atoms with Gasteiger partial charge in [-0.15, -0.1) is 0 Å². The molecule has 1 N–H and O–H groups in total. The molecule has 0 aliphatic carbocycles. The van der Waals surface area contributed by atoms with Crippen molar-refractivity contribution >= 4 is 12.1 Å². The first kappa shape index (κ1) is 11.7. The number of amides is 1. The van der Waals surface area contributed by atoms with Gasteiger partial charge in [0, 0.05) is 5.69 Å². The number of halogens is 1. The van der Waals surface area contributed by atoms with Crippen LogP contribution in [0.25, 0.3) is 0 Å².